The highest BCUT2D eigenvalue weighted by Gasteiger charge is 2.51. The van der Waals surface area contributed by atoms with E-state index in [1.165, 1.54) is 5.56 Å². The van der Waals surface area contributed by atoms with E-state index in [0.717, 1.165) is 41.7 Å². The Morgan fingerprint density at radius 1 is 1.43 bits per heavy atom. The number of nitrogens with zero attached hydrogens (tertiary/aromatic N) is 2. The van der Waals surface area contributed by atoms with E-state index in [2.05, 4.69) is 11.5 Å². The molecule has 0 saturated heterocycles. The predicted octanol–water partition coefficient (Wildman–Crippen LogP) is 3.91. The van der Waals surface area contributed by atoms with Gasteiger partial charge in [0.05, 0.1) is 11.4 Å². The summed E-state index contributed by atoms with van der Waals surface area (Å²) in [6.07, 6.45) is 3.18. The Balaban J connectivity index is 2.01. The number of carboxylic acids is 1. The molecule has 120 valence electrons. The number of hydrogen-bond acceptors (Lipinski definition) is 2. The smallest absolute Gasteiger partial charge is 0.315 e. The second-order valence-electron chi connectivity index (χ2n) is 6.45. The van der Waals surface area contributed by atoms with Crippen LogP contribution in [0, 0.1) is 5.41 Å². The fraction of sp³-hybridized carbons (Fsp3) is 0.444. The van der Waals surface area contributed by atoms with Crippen molar-refractivity contribution < 1.29 is 9.90 Å². The quantitative estimate of drug-likeness (QED) is 0.927. The van der Waals surface area contributed by atoms with Gasteiger partial charge in [-0.1, -0.05) is 18.0 Å². The van der Waals surface area contributed by atoms with Crippen LogP contribution in [0.3, 0.4) is 0 Å². The molecule has 4 rings (SSSR count). The van der Waals surface area contributed by atoms with E-state index >= 15 is 0 Å². The monoisotopic (exact) mass is 330 g/mol. The third-order valence-electron chi connectivity index (χ3n) is 5.37. The average molecular weight is 331 g/mol. The van der Waals surface area contributed by atoms with Crippen molar-refractivity contribution in [3.8, 4) is 0 Å². The maximum Gasteiger partial charge on any atom is 0.315 e. The van der Waals surface area contributed by atoms with Gasteiger partial charge in [0.25, 0.3) is 0 Å². The van der Waals surface area contributed by atoms with E-state index in [0.29, 0.717) is 24.4 Å². The van der Waals surface area contributed by atoms with Gasteiger partial charge in [-0.05, 0) is 49.9 Å². The Morgan fingerprint density at radius 3 is 2.83 bits per heavy atom. The van der Waals surface area contributed by atoms with Crippen molar-refractivity contribution in [3.05, 3.63) is 34.5 Å². The van der Waals surface area contributed by atoms with Gasteiger partial charge in [0.1, 0.15) is 5.41 Å². The highest BCUT2D eigenvalue weighted by atomic mass is 35.5. The topological polar surface area (TPSA) is 54.6 Å². The molecule has 1 N–H and O–H groups in total. The van der Waals surface area contributed by atoms with E-state index in [1.54, 1.807) is 0 Å². The highest BCUT2D eigenvalue weighted by molar-refractivity contribution is 6.31. The zero-order valence-corrected chi connectivity index (χ0v) is 13.9. The van der Waals surface area contributed by atoms with Gasteiger partial charge in [-0.15, -0.1) is 0 Å². The lowest BCUT2D eigenvalue weighted by Gasteiger charge is -2.40. The lowest BCUT2D eigenvalue weighted by atomic mass is 9.64. The van der Waals surface area contributed by atoms with Gasteiger partial charge in [-0.2, -0.15) is 0 Å². The van der Waals surface area contributed by atoms with Crippen molar-refractivity contribution in [1.29, 1.82) is 0 Å². The normalized spacial score (nSPS) is 19.1. The number of aliphatic carboxylic acids is 1. The van der Waals surface area contributed by atoms with Crippen molar-refractivity contribution in [2.75, 3.05) is 6.54 Å². The number of halogens is 1. The Bertz CT molecular complexity index is 846. The zero-order chi connectivity index (χ0) is 16.2. The third-order valence-corrected chi connectivity index (χ3v) is 5.61. The van der Waals surface area contributed by atoms with Crippen molar-refractivity contribution in [2.45, 2.75) is 39.2 Å². The van der Waals surface area contributed by atoms with E-state index in [4.69, 9.17) is 16.6 Å². The van der Waals surface area contributed by atoms with Crippen molar-refractivity contribution in [3.63, 3.8) is 0 Å². The van der Waals surface area contributed by atoms with Gasteiger partial charge in [0, 0.05) is 29.0 Å². The summed E-state index contributed by atoms with van der Waals surface area (Å²) in [4.78, 5) is 16.7. The molecule has 0 atom stereocenters. The van der Waals surface area contributed by atoms with Gasteiger partial charge in [-0.3, -0.25) is 9.79 Å². The molecule has 0 spiro atoms. The molecule has 0 radical (unpaired) electrons. The van der Waals surface area contributed by atoms with E-state index in [-0.39, 0.29) is 0 Å². The van der Waals surface area contributed by atoms with E-state index in [9.17, 15) is 9.90 Å². The number of fused-ring (bicyclic) bond motifs is 3. The van der Waals surface area contributed by atoms with Gasteiger partial charge >= 0.3 is 5.97 Å². The molecule has 1 saturated carbocycles. The first kappa shape index (κ1) is 14.8. The van der Waals surface area contributed by atoms with Crippen LogP contribution in [0.15, 0.2) is 23.2 Å². The minimum Gasteiger partial charge on any atom is -0.481 e. The first-order valence-electron chi connectivity index (χ1n) is 8.18. The minimum absolute atomic E-state index is 0.659. The molecular weight excluding hydrogens is 312 g/mol. The molecule has 2 heterocycles. The molecule has 1 aromatic heterocycles. The molecule has 5 heteroatoms. The fourth-order valence-electron chi connectivity index (χ4n) is 4.06. The third kappa shape index (κ3) is 1.91. The van der Waals surface area contributed by atoms with Gasteiger partial charge in [0.15, 0.2) is 0 Å². The first-order valence-corrected chi connectivity index (χ1v) is 8.55. The molecule has 23 heavy (non-hydrogen) atoms. The molecule has 1 fully saturated rings. The molecular formula is C18H19ClN2O2. The van der Waals surface area contributed by atoms with Crippen molar-refractivity contribution in [1.82, 2.24) is 4.57 Å². The van der Waals surface area contributed by atoms with Gasteiger partial charge < -0.3 is 9.67 Å². The maximum atomic E-state index is 12.0. The van der Waals surface area contributed by atoms with Crippen LogP contribution in [0.25, 0.3) is 10.9 Å². The van der Waals surface area contributed by atoms with Crippen molar-refractivity contribution in [2.24, 2.45) is 10.4 Å². The molecule has 0 bridgehead atoms. The Kier molecular flexibility index (Phi) is 3.27. The molecule has 2 aromatic rings. The first-order chi connectivity index (χ1) is 11.1. The second-order valence-corrected chi connectivity index (χ2v) is 6.89. The number of aromatic nitrogens is 1. The predicted molar refractivity (Wildman–Crippen MR) is 91.6 cm³/mol. The second kappa shape index (κ2) is 5.10. The molecule has 1 aromatic carbocycles. The van der Waals surface area contributed by atoms with E-state index in [1.807, 2.05) is 18.2 Å². The largest absolute Gasteiger partial charge is 0.481 e. The summed E-state index contributed by atoms with van der Waals surface area (Å²) in [6.45, 7) is 3.55. The lowest BCUT2D eigenvalue weighted by Crippen LogP contribution is -2.47. The number of carboxylic acid groups (broad SMARTS) is 1. The standard InChI is InChI=1S/C18H19ClN2O2/c1-2-21-14-5-4-11(19)10-13(14)12-6-9-20-16(15(12)21)18(17(22)23)7-3-8-18/h4-5,10H,2-3,6-9H2,1H3,(H,22,23). The van der Waals surface area contributed by atoms with Crippen LogP contribution in [0.2, 0.25) is 5.02 Å². The molecule has 0 unspecified atom stereocenters. The fourth-order valence-corrected chi connectivity index (χ4v) is 4.24. The summed E-state index contributed by atoms with van der Waals surface area (Å²) < 4.78 is 2.21. The number of benzene rings is 1. The van der Waals surface area contributed by atoms with Crippen LogP contribution < -0.4 is 0 Å². The molecule has 2 aliphatic rings. The SMILES string of the molecule is CCn1c2c(c3cc(Cl)ccc31)CCN=C2C1(C(=O)O)CCC1. The maximum absolute atomic E-state index is 12.0. The molecule has 1 aliphatic heterocycles. The summed E-state index contributed by atoms with van der Waals surface area (Å²) in [5, 5.41) is 11.7. The van der Waals surface area contributed by atoms with Crippen LogP contribution in [-0.2, 0) is 17.8 Å². The van der Waals surface area contributed by atoms with Crippen LogP contribution in [0.5, 0.6) is 0 Å². The number of rotatable bonds is 3. The Hall–Kier alpha value is -1.81. The average Bonchev–Trinajstić information content (AvgIpc) is 2.79. The van der Waals surface area contributed by atoms with Gasteiger partial charge in [-0.25, -0.2) is 0 Å². The van der Waals surface area contributed by atoms with Crippen LogP contribution in [0.4, 0.5) is 0 Å². The summed E-state index contributed by atoms with van der Waals surface area (Å²) in [5.41, 5.74) is 3.35. The van der Waals surface area contributed by atoms with Gasteiger partial charge in [0.2, 0.25) is 0 Å². The summed E-state index contributed by atoms with van der Waals surface area (Å²) in [5.74, 6) is -0.735. The van der Waals surface area contributed by atoms with Crippen LogP contribution in [-0.4, -0.2) is 27.9 Å². The van der Waals surface area contributed by atoms with Crippen molar-refractivity contribution >= 4 is 34.2 Å². The summed E-state index contributed by atoms with van der Waals surface area (Å²) in [6, 6.07) is 5.93. The van der Waals surface area contributed by atoms with Crippen LogP contribution >= 0.6 is 11.6 Å². The Morgan fingerprint density at radius 2 is 2.22 bits per heavy atom. The highest BCUT2D eigenvalue weighted by Crippen LogP contribution is 2.47. The number of carbonyl (C=O) groups is 1. The number of aliphatic imine (C=N–C) groups is 1. The Labute approximate surface area is 139 Å². The molecule has 1 aliphatic carbocycles. The lowest BCUT2D eigenvalue weighted by molar-refractivity contribution is -0.148. The summed E-state index contributed by atoms with van der Waals surface area (Å²) in [7, 11) is 0. The minimum atomic E-state index is -0.791. The number of hydrogen-bond donors (Lipinski definition) is 1. The number of aryl methyl sites for hydroxylation is 1. The van der Waals surface area contributed by atoms with Crippen LogP contribution in [0.1, 0.15) is 37.4 Å². The van der Waals surface area contributed by atoms with E-state index < -0.39 is 11.4 Å². The summed E-state index contributed by atoms with van der Waals surface area (Å²) >= 11 is 6.20. The molecule has 4 nitrogen and oxygen atoms in total. The zero-order valence-electron chi connectivity index (χ0n) is 13.1. The molecule has 0 amide bonds.